The van der Waals surface area contributed by atoms with Gasteiger partial charge in [-0.1, -0.05) is 13.3 Å². The second kappa shape index (κ2) is 6.02. The Balaban J connectivity index is 2.33. The first kappa shape index (κ1) is 11.5. The van der Waals surface area contributed by atoms with E-state index < -0.39 is 5.97 Å². The van der Waals surface area contributed by atoms with E-state index in [1.807, 2.05) is 0 Å². The molecule has 0 amide bonds. The van der Waals surface area contributed by atoms with E-state index in [-0.39, 0.29) is 0 Å². The van der Waals surface area contributed by atoms with Crippen molar-refractivity contribution in [2.24, 2.45) is 0 Å². The molecular formula is C11H21NO2. The third-order valence-corrected chi connectivity index (χ3v) is 2.95. The van der Waals surface area contributed by atoms with Crippen molar-refractivity contribution in [2.45, 2.75) is 51.5 Å². The van der Waals surface area contributed by atoms with Crippen LogP contribution in [-0.4, -0.2) is 35.1 Å². The fourth-order valence-corrected chi connectivity index (χ4v) is 2.26. The number of nitrogens with zero attached hydrogens (tertiary/aromatic N) is 1. The lowest BCUT2D eigenvalue weighted by Gasteiger charge is -2.35. The molecule has 3 nitrogen and oxygen atoms in total. The predicted octanol–water partition coefficient (Wildman–Crippen LogP) is 2.12. The number of carboxylic acids is 1. The van der Waals surface area contributed by atoms with Gasteiger partial charge in [0.2, 0.25) is 0 Å². The zero-order valence-corrected chi connectivity index (χ0v) is 9.04. The first-order valence-electron chi connectivity index (χ1n) is 5.70. The minimum atomic E-state index is -0.660. The minimum Gasteiger partial charge on any atom is -0.481 e. The molecule has 0 aliphatic carbocycles. The third kappa shape index (κ3) is 3.66. The van der Waals surface area contributed by atoms with Gasteiger partial charge in [0, 0.05) is 12.5 Å². The van der Waals surface area contributed by atoms with Crippen LogP contribution >= 0.6 is 0 Å². The van der Waals surface area contributed by atoms with Crippen molar-refractivity contribution >= 4 is 5.97 Å². The molecule has 1 unspecified atom stereocenters. The van der Waals surface area contributed by atoms with Crippen LogP contribution in [0.2, 0.25) is 0 Å². The van der Waals surface area contributed by atoms with E-state index in [0.29, 0.717) is 12.5 Å². The monoisotopic (exact) mass is 199 g/mol. The van der Waals surface area contributed by atoms with Crippen LogP contribution in [0.15, 0.2) is 0 Å². The van der Waals surface area contributed by atoms with Gasteiger partial charge in [-0.15, -0.1) is 0 Å². The Kier molecular flexibility index (Phi) is 4.94. The van der Waals surface area contributed by atoms with Gasteiger partial charge in [-0.05, 0) is 38.8 Å². The Bertz CT molecular complexity index is 180. The van der Waals surface area contributed by atoms with Crippen LogP contribution in [-0.2, 0) is 4.79 Å². The molecule has 1 aliphatic heterocycles. The molecule has 1 aliphatic rings. The number of hydrogen-bond acceptors (Lipinski definition) is 2. The van der Waals surface area contributed by atoms with E-state index in [9.17, 15) is 4.79 Å². The number of piperidine rings is 1. The van der Waals surface area contributed by atoms with E-state index in [0.717, 1.165) is 19.5 Å². The molecule has 1 fully saturated rings. The molecule has 0 saturated carbocycles. The maximum Gasteiger partial charge on any atom is 0.303 e. The number of carbonyl (C=O) groups is 1. The number of hydrogen-bond donors (Lipinski definition) is 1. The van der Waals surface area contributed by atoms with Gasteiger partial charge in [-0.25, -0.2) is 0 Å². The first-order chi connectivity index (χ1) is 6.74. The second-order valence-corrected chi connectivity index (χ2v) is 4.12. The van der Waals surface area contributed by atoms with E-state index in [1.54, 1.807) is 0 Å². The van der Waals surface area contributed by atoms with Crippen LogP contribution in [0.4, 0.5) is 0 Å². The Labute approximate surface area is 86.1 Å². The molecule has 0 bridgehead atoms. The number of rotatable bonds is 5. The number of carboxylic acid groups (broad SMARTS) is 1. The summed E-state index contributed by atoms with van der Waals surface area (Å²) in [4.78, 5) is 13.0. The highest BCUT2D eigenvalue weighted by molar-refractivity contribution is 5.66. The molecule has 1 saturated heterocycles. The lowest BCUT2D eigenvalue weighted by molar-refractivity contribution is -0.137. The lowest BCUT2D eigenvalue weighted by Crippen LogP contribution is -2.40. The van der Waals surface area contributed by atoms with Crippen LogP contribution in [0, 0.1) is 0 Å². The van der Waals surface area contributed by atoms with Crippen molar-refractivity contribution in [3.05, 3.63) is 0 Å². The van der Waals surface area contributed by atoms with Crippen LogP contribution in [0.5, 0.6) is 0 Å². The molecule has 0 aromatic heterocycles. The summed E-state index contributed by atoms with van der Waals surface area (Å²) in [7, 11) is 0. The molecule has 0 spiro atoms. The molecule has 1 rings (SSSR count). The van der Waals surface area contributed by atoms with Gasteiger partial charge in [0.05, 0.1) is 0 Å². The van der Waals surface area contributed by atoms with Crippen molar-refractivity contribution in [3.8, 4) is 0 Å². The molecule has 0 aromatic rings. The highest BCUT2D eigenvalue weighted by atomic mass is 16.4. The van der Waals surface area contributed by atoms with Gasteiger partial charge in [0.15, 0.2) is 0 Å². The molecule has 1 heterocycles. The highest BCUT2D eigenvalue weighted by Gasteiger charge is 2.21. The van der Waals surface area contributed by atoms with Crippen molar-refractivity contribution in [1.29, 1.82) is 0 Å². The number of likely N-dealkylation sites (tertiary alicyclic amines) is 1. The normalized spacial score (nSPS) is 23.6. The summed E-state index contributed by atoms with van der Waals surface area (Å²) in [5, 5.41) is 8.64. The van der Waals surface area contributed by atoms with E-state index in [1.165, 1.54) is 25.7 Å². The summed E-state index contributed by atoms with van der Waals surface area (Å²) in [5.41, 5.74) is 0. The van der Waals surface area contributed by atoms with Crippen LogP contribution in [0.1, 0.15) is 45.4 Å². The van der Waals surface area contributed by atoms with E-state index in [4.69, 9.17) is 5.11 Å². The van der Waals surface area contributed by atoms with Gasteiger partial charge < -0.3 is 10.0 Å². The van der Waals surface area contributed by atoms with Crippen molar-refractivity contribution in [2.75, 3.05) is 13.1 Å². The topological polar surface area (TPSA) is 40.5 Å². The Morgan fingerprint density at radius 2 is 2.29 bits per heavy atom. The average Bonchev–Trinajstić information content (AvgIpc) is 2.17. The van der Waals surface area contributed by atoms with Gasteiger partial charge >= 0.3 is 5.97 Å². The molecule has 1 atom stereocenters. The predicted molar refractivity (Wildman–Crippen MR) is 56.4 cm³/mol. The highest BCUT2D eigenvalue weighted by Crippen LogP contribution is 2.20. The zero-order chi connectivity index (χ0) is 10.4. The van der Waals surface area contributed by atoms with E-state index >= 15 is 0 Å². The molecule has 3 heteroatoms. The Morgan fingerprint density at radius 1 is 1.50 bits per heavy atom. The fourth-order valence-electron chi connectivity index (χ4n) is 2.26. The summed E-state index contributed by atoms with van der Waals surface area (Å²) in [6.07, 6.45) is 6.06. The fraction of sp³-hybridized carbons (Fsp3) is 0.909. The van der Waals surface area contributed by atoms with Crippen LogP contribution in [0.25, 0.3) is 0 Å². The van der Waals surface area contributed by atoms with Crippen molar-refractivity contribution < 1.29 is 9.90 Å². The minimum absolute atomic E-state index is 0.324. The molecule has 0 aromatic carbocycles. The standard InChI is InChI=1S/C11H21NO2/c1-2-8-12-9-4-3-5-10(12)6-7-11(13)14/h10H,2-9H2,1H3,(H,13,14). The molecule has 0 radical (unpaired) electrons. The number of aliphatic carboxylic acids is 1. The molecule has 1 N–H and O–H groups in total. The summed E-state index contributed by atoms with van der Waals surface area (Å²) in [6, 6.07) is 0.528. The third-order valence-electron chi connectivity index (χ3n) is 2.95. The van der Waals surface area contributed by atoms with Gasteiger partial charge in [0.1, 0.15) is 0 Å². The Morgan fingerprint density at radius 3 is 2.93 bits per heavy atom. The SMILES string of the molecule is CCCN1CCCCC1CCC(=O)O. The van der Waals surface area contributed by atoms with Gasteiger partial charge in [-0.3, -0.25) is 4.79 Å². The first-order valence-corrected chi connectivity index (χ1v) is 5.70. The Hall–Kier alpha value is -0.570. The van der Waals surface area contributed by atoms with Crippen LogP contribution < -0.4 is 0 Å². The van der Waals surface area contributed by atoms with Gasteiger partial charge in [-0.2, -0.15) is 0 Å². The molecule has 82 valence electrons. The second-order valence-electron chi connectivity index (χ2n) is 4.12. The van der Waals surface area contributed by atoms with Crippen molar-refractivity contribution in [3.63, 3.8) is 0 Å². The lowest BCUT2D eigenvalue weighted by atomic mass is 9.98. The van der Waals surface area contributed by atoms with E-state index in [2.05, 4.69) is 11.8 Å². The summed E-state index contributed by atoms with van der Waals surface area (Å²) in [6.45, 7) is 4.48. The zero-order valence-electron chi connectivity index (χ0n) is 9.04. The maximum absolute atomic E-state index is 10.5. The van der Waals surface area contributed by atoms with Gasteiger partial charge in [0.25, 0.3) is 0 Å². The van der Waals surface area contributed by atoms with Crippen LogP contribution in [0.3, 0.4) is 0 Å². The molecule has 14 heavy (non-hydrogen) atoms. The quantitative estimate of drug-likeness (QED) is 0.737. The maximum atomic E-state index is 10.5. The van der Waals surface area contributed by atoms with Crippen molar-refractivity contribution in [1.82, 2.24) is 4.90 Å². The summed E-state index contributed by atoms with van der Waals surface area (Å²) >= 11 is 0. The summed E-state index contributed by atoms with van der Waals surface area (Å²) < 4.78 is 0. The summed E-state index contributed by atoms with van der Waals surface area (Å²) in [5.74, 6) is -0.660. The molecular weight excluding hydrogens is 178 g/mol. The smallest absolute Gasteiger partial charge is 0.303 e. The largest absolute Gasteiger partial charge is 0.481 e. The average molecular weight is 199 g/mol.